The maximum Gasteiger partial charge on any atom is 0.227 e. The van der Waals surface area contributed by atoms with Crippen molar-refractivity contribution in [2.75, 3.05) is 23.7 Å². The highest BCUT2D eigenvalue weighted by molar-refractivity contribution is 5.84. The van der Waals surface area contributed by atoms with Gasteiger partial charge in [-0.3, -0.25) is 10.00 Å². The Bertz CT molecular complexity index is 1000. The summed E-state index contributed by atoms with van der Waals surface area (Å²) in [4.78, 5) is 16.8. The molecule has 5 rings (SSSR count). The number of likely N-dealkylation sites (tertiary alicyclic amines) is 1. The number of rotatable bonds is 7. The Kier molecular flexibility index (Phi) is 5.28. The van der Waals surface area contributed by atoms with E-state index in [9.17, 15) is 0 Å². The number of nitrogens with zero attached hydrogens (tertiary/aromatic N) is 6. The fourth-order valence-corrected chi connectivity index (χ4v) is 4.91. The first-order valence-electron chi connectivity index (χ1n) is 11.2. The predicted molar refractivity (Wildman–Crippen MR) is 118 cm³/mol. The summed E-state index contributed by atoms with van der Waals surface area (Å²) in [7, 11) is 0. The van der Waals surface area contributed by atoms with Gasteiger partial charge in [0, 0.05) is 18.6 Å². The number of hydrogen-bond acceptors (Lipinski definition) is 7. The molecular weight excluding hydrogens is 378 g/mol. The molecule has 160 valence electrons. The van der Waals surface area contributed by atoms with Crippen LogP contribution in [0.4, 0.5) is 11.8 Å². The van der Waals surface area contributed by atoms with E-state index < -0.39 is 0 Å². The molecule has 3 aromatic rings. The Balaban J connectivity index is 1.43. The van der Waals surface area contributed by atoms with E-state index in [4.69, 9.17) is 4.98 Å². The number of nitrogens with one attached hydrogen (secondary N) is 3. The van der Waals surface area contributed by atoms with Crippen molar-refractivity contribution in [3.63, 3.8) is 0 Å². The fraction of sp³-hybridized carbons (Fsp3) is 0.619. The van der Waals surface area contributed by atoms with Crippen LogP contribution >= 0.6 is 0 Å². The molecule has 1 saturated heterocycles. The number of fused-ring (bicyclic) bond motifs is 1. The highest BCUT2D eigenvalue weighted by atomic mass is 15.2. The summed E-state index contributed by atoms with van der Waals surface area (Å²) in [5, 5.41) is 14.3. The molecule has 9 heteroatoms. The van der Waals surface area contributed by atoms with Gasteiger partial charge in [-0.05, 0) is 64.6 Å². The predicted octanol–water partition coefficient (Wildman–Crippen LogP) is 2.92. The van der Waals surface area contributed by atoms with E-state index in [-0.39, 0.29) is 0 Å². The van der Waals surface area contributed by atoms with Gasteiger partial charge in [-0.15, -0.1) is 0 Å². The largest absolute Gasteiger partial charge is 0.364 e. The van der Waals surface area contributed by atoms with Crippen LogP contribution in [0.15, 0.2) is 12.5 Å². The van der Waals surface area contributed by atoms with Gasteiger partial charge >= 0.3 is 0 Å². The molecule has 1 aliphatic heterocycles. The third kappa shape index (κ3) is 3.62. The molecule has 3 aromatic heterocycles. The second-order valence-corrected chi connectivity index (χ2v) is 8.48. The molecule has 0 bridgehead atoms. The standard InChI is InChI=1S/C21H31N9/c1-3-29-13-23-19-18(29)20(25-15-7-6-8-17(15)30-9-4-5-10-30)27-21(26-19)22-12-16-14(2)11-24-28-16/h11,13,15,17H,3-10,12H2,1-2H3,(H,24,28)(H2,22,25,26,27)/t15-,17-/m1/s1. The number of aromatic amines is 1. The van der Waals surface area contributed by atoms with Crippen molar-refractivity contribution >= 4 is 22.9 Å². The molecule has 30 heavy (non-hydrogen) atoms. The molecule has 0 radical (unpaired) electrons. The lowest BCUT2D eigenvalue weighted by Crippen LogP contribution is -2.42. The maximum atomic E-state index is 4.89. The number of imidazole rings is 1. The maximum absolute atomic E-state index is 4.89. The number of aryl methyl sites for hydroxylation is 2. The van der Waals surface area contributed by atoms with Gasteiger partial charge in [0.1, 0.15) is 5.52 Å². The lowest BCUT2D eigenvalue weighted by atomic mass is 10.1. The van der Waals surface area contributed by atoms with E-state index in [1.165, 1.54) is 45.2 Å². The van der Waals surface area contributed by atoms with E-state index in [1.54, 1.807) is 0 Å². The van der Waals surface area contributed by atoms with Gasteiger partial charge in [-0.1, -0.05) is 0 Å². The molecular formula is C21H31N9. The van der Waals surface area contributed by atoms with Crippen molar-refractivity contribution < 1.29 is 0 Å². The minimum absolute atomic E-state index is 0.420. The second kappa shape index (κ2) is 8.22. The summed E-state index contributed by atoms with van der Waals surface area (Å²) in [6.45, 7) is 8.07. The van der Waals surface area contributed by atoms with Crippen molar-refractivity contribution in [2.24, 2.45) is 0 Å². The molecule has 0 unspecified atom stereocenters. The topological polar surface area (TPSA) is 99.6 Å². The Morgan fingerprint density at radius 2 is 2.03 bits per heavy atom. The van der Waals surface area contributed by atoms with E-state index in [1.807, 2.05) is 19.4 Å². The quantitative estimate of drug-likeness (QED) is 0.552. The van der Waals surface area contributed by atoms with Gasteiger partial charge in [-0.2, -0.15) is 15.1 Å². The van der Waals surface area contributed by atoms with Crippen LogP contribution in [0.25, 0.3) is 11.2 Å². The lowest BCUT2D eigenvalue weighted by Gasteiger charge is -2.30. The SMILES string of the molecule is CCn1cnc2nc(NCc3[nH]ncc3C)nc(N[C@@H]3CCC[C@H]3N3CCCC3)c21. The lowest BCUT2D eigenvalue weighted by molar-refractivity contribution is 0.235. The Morgan fingerprint density at radius 1 is 1.17 bits per heavy atom. The van der Waals surface area contributed by atoms with Gasteiger partial charge in [0.05, 0.1) is 24.8 Å². The molecule has 1 saturated carbocycles. The van der Waals surface area contributed by atoms with Crippen LogP contribution in [0.1, 0.15) is 50.3 Å². The van der Waals surface area contributed by atoms with Crippen molar-refractivity contribution in [1.29, 1.82) is 0 Å². The number of aromatic nitrogens is 6. The molecule has 2 aliphatic rings. The smallest absolute Gasteiger partial charge is 0.227 e. The van der Waals surface area contributed by atoms with E-state index >= 15 is 0 Å². The summed E-state index contributed by atoms with van der Waals surface area (Å²) >= 11 is 0. The highest BCUT2D eigenvalue weighted by Gasteiger charge is 2.34. The van der Waals surface area contributed by atoms with Gasteiger partial charge in [0.2, 0.25) is 5.95 Å². The van der Waals surface area contributed by atoms with Crippen LogP contribution < -0.4 is 10.6 Å². The molecule has 4 heterocycles. The van der Waals surface area contributed by atoms with Crippen LogP contribution in [-0.2, 0) is 13.1 Å². The molecule has 0 amide bonds. The first-order chi connectivity index (χ1) is 14.7. The molecule has 0 aromatic carbocycles. The van der Waals surface area contributed by atoms with Crippen molar-refractivity contribution in [1.82, 2.24) is 34.6 Å². The molecule has 2 atom stereocenters. The normalized spacial score (nSPS) is 22.2. The van der Waals surface area contributed by atoms with E-state index in [0.717, 1.165) is 34.8 Å². The van der Waals surface area contributed by atoms with Gasteiger partial charge < -0.3 is 15.2 Å². The average molecular weight is 410 g/mol. The third-order valence-electron chi connectivity index (χ3n) is 6.58. The van der Waals surface area contributed by atoms with Gasteiger partial charge in [-0.25, -0.2) is 4.98 Å². The molecule has 2 fully saturated rings. The minimum atomic E-state index is 0.420. The molecule has 9 nitrogen and oxygen atoms in total. The van der Waals surface area contributed by atoms with Crippen LogP contribution in [0, 0.1) is 6.92 Å². The van der Waals surface area contributed by atoms with Crippen molar-refractivity contribution in [2.45, 2.75) is 71.1 Å². The van der Waals surface area contributed by atoms with Gasteiger partial charge in [0.25, 0.3) is 0 Å². The minimum Gasteiger partial charge on any atom is -0.364 e. The highest BCUT2D eigenvalue weighted by Crippen LogP contribution is 2.31. The zero-order valence-corrected chi connectivity index (χ0v) is 17.9. The van der Waals surface area contributed by atoms with E-state index in [0.29, 0.717) is 24.6 Å². The fourth-order valence-electron chi connectivity index (χ4n) is 4.91. The van der Waals surface area contributed by atoms with Crippen LogP contribution in [-0.4, -0.2) is 59.8 Å². The Hall–Kier alpha value is -2.68. The van der Waals surface area contributed by atoms with E-state index in [2.05, 4.69) is 47.2 Å². The third-order valence-corrected chi connectivity index (χ3v) is 6.58. The second-order valence-electron chi connectivity index (χ2n) is 8.48. The van der Waals surface area contributed by atoms with Gasteiger partial charge in [0.15, 0.2) is 11.5 Å². The van der Waals surface area contributed by atoms with Crippen LogP contribution in [0.3, 0.4) is 0 Å². The zero-order valence-electron chi connectivity index (χ0n) is 17.9. The van der Waals surface area contributed by atoms with Crippen molar-refractivity contribution in [3.8, 4) is 0 Å². The number of anilines is 2. The monoisotopic (exact) mass is 409 g/mol. The summed E-state index contributed by atoms with van der Waals surface area (Å²) < 4.78 is 2.13. The average Bonchev–Trinajstić information content (AvgIpc) is 3.53. The zero-order chi connectivity index (χ0) is 20.5. The molecule has 1 aliphatic carbocycles. The summed E-state index contributed by atoms with van der Waals surface area (Å²) in [5.74, 6) is 1.48. The Morgan fingerprint density at radius 3 is 2.80 bits per heavy atom. The first kappa shape index (κ1) is 19.3. The van der Waals surface area contributed by atoms with Crippen molar-refractivity contribution in [3.05, 3.63) is 23.8 Å². The molecule has 3 N–H and O–H groups in total. The molecule has 0 spiro atoms. The summed E-state index contributed by atoms with van der Waals surface area (Å²) in [6, 6.07) is 1.02. The summed E-state index contributed by atoms with van der Waals surface area (Å²) in [5.41, 5.74) is 3.88. The van der Waals surface area contributed by atoms with Crippen LogP contribution in [0.5, 0.6) is 0 Å². The first-order valence-corrected chi connectivity index (χ1v) is 11.2. The number of H-pyrrole nitrogens is 1. The Labute approximate surface area is 176 Å². The summed E-state index contributed by atoms with van der Waals surface area (Å²) in [6.07, 6.45) is 10.1. The van der Waals surface area contributed by atoms with Crippen LogP contribution in [0.2, 0.25) is 0 Å². The number of hydrogen-bond donors (Lipinski definition) is 3.